The summed E-state index contributed by atoms with van der Waals surface area (Å²) in [5, 5.41) is 15.5. The van der Waals surface area contributed by atoms with Gasteiger partial charge in [0, 0.05) is 66.3 Å². The minimum absolute atomic E-state index is 0. The number of imidazole rings is 2. The van der Waals surface area contributed by atoms with Crippen LogP contribution < -0.4 is 26.7 Å². The number of carbonyl (C=O) groups is 8. The van der Waals surface area contributed by atoms with Crippen LogP contribution in [0.25, 0.3) is 66.3 Å². The quantitative estimate of drug-likeness (QED) is 0.0271. The van der Waals surface area contributed by atoms with E-state index in [0.717, 1.165) is 175 Å². The topological polar surface area (TPSA) is 335 Å². The summed E-state index contributed by atoms with van der Waals surface area (Å²) in [5.41, 5.74) is 12.9. The van der Waals surface area contributed by atoms with E-state index in [1.165, 1.54) is 28.4 Å². The molecular formula is C101H126BBrN14O14. The van der Waals surface area contributed by atoms with Crippen molar-refractivity contribution in [2.75, 3.05) is 41.5 Å². The van der Waals surface area contributed by atoms with Crippen LogP contribution >= 0.6 is 15.9 Å². The molecule has 4 bridgehead atoms. The summed E-state index contributed by atoms with van der Waals surface area (Å²) in [7, 11) is 4.84. The lowest BCUT2D eigenvalue weighted by Crippen LogP contribution is -2.57. The fourth-order valence-corrected chi connectivity index (χ4v) is 20.4. The van der Waals surface area contributed by atoms with Gasteiger partial charge in [-0.2, -0.15) is 0 Å². The maximum absolute atomic E-state index is 14.0. The second-order valence-electron chi connectivity index (χ2n) is 38.2. The van der Waals surface area contributed by atoms with E-state index < -0.39 is 55.7 Å². The Balaban J connectivity index is 0.000000169. The summed E-state index contributed by atoms with van der Waals surface area (Å²) in [6.07, 6.45) is 16.1. The average molecular weight is 1850 g/mol. The molecule has 28 nitrogen and oxygen atoms in total. The maximum Gasteiger partial charge on any atom is 0.494 e. The molecule has 6 aromatic carbocycles. The van der Waals surface area contributed by atoms with Gasteiger partial charge in [-0.3, -0.25) is 29.2 Å². The molecule has 0 unspecified atom stereocenters. The number of benzene rings is 6. The lowest BCUT2D eigenvalue weighted by Gasteiger charge is -2.38. The molecule has 2 saturated carbocycles. The van der Waals surface area contributed by atoms with Gasteiger partial charge < -0.3 is 79.1 Å². The Labute approximate surface area is 776 Å². The van der Waals surface area contributed by atoms with Crippen molar-refractivity contribution in [1.82, 2.24) is 60.8 Å². The number of halogens is 1. The first-order valence-electron chi connectivity index (χ1n) is 45.8. The van der Waals surface area contributed by atoms with Crippen molar-refractivity contribution in [2.24, 2.45) is 45.5 Å². The van der Waals surface area contributed by atoms with Gasteiger partial charge in [-0.05, 0) is 229 Å². The van der Waals surface area contributed by atoms with Crippen molar-refractivity contribution >= 4 is 121 Å². The van der Waals surface area contributed by atoms with Crippen LogP contribution in [0.1, 0.15) is 202 Å². The van der Waals surface area contributed by atoms with Gasteiger partial charge in [-0.1, -0.05) is 170 Å². The van der Waals surface area contributed by atoms with Crippen LogP contribution in [0.3, 0.4) is 0 Å². The number of aliphatic imine (C=N–C) groups is 2. The molecule has 0 radical (unpaired) electrons. The number of amides is 8. The zero-order valence-electron chi connectivity index (χ0n) is 77.2. The highest BCUT2D eigenvalue weighted by atomic mass is 79.9. The number of aromatic amines is 2. The van der Waals surface area contributed by atoms with Crippen molar-refractivity contribution in [3.05, 3.63) is 173 Å². The minimum atomic E-state index is -0.684. The Hall–Kier alpha value is -11.5. The number of methoxy groups -OCH3 is 4. The monoisotopic (exact) mass is 1850 g/mol. The van der Waals surface area contributed by atoms with Crippen molar-refractivity contribution in [3.63, 3.8) is 0 Å². The number of nitrogens with one attached hydrogen (secondary N) is 6. The first-order chi connectivity index (χ1) is 62.2. The molecule has 17 rings (SSSR count). The molecule has 0 spiro atoms. The molecule has 2 aromatic heterocycles. The normalized spacial score (nSPS) is 22.3. The van der Waals surface area contributed by atoms with Crippen molar-refractivity contribution in [1.29, 1.82) is 0 Å². The highest BCUT2D eigenvalue weighted by Gasteiger charge is 2.55. The lowest BCUT2D eigenvalue weighted by molar-refractivity contribution is -0.138. The van der Waals surface area contributed by atoms with E-state index in [1.54, 1.807) is 6.20 Å². The number of fused-ring (bicyclic) bond motifs is 6. The van der Waals surface area contributed by atoms with Gasteiger partial charge in [0.05, 0.1) is 87.6 Å². The summed E-state index contributed by atoms with van der Waals surface area (Å²) in [6.45, 7) is 24.9. The van der Waals surface area contributed by atoms with Gasteiger partial charge in [0.25, 0.3) is 0 Å². The van der Waals surface area contributed by atoms with E-state index in [1.807, 2.05) is 118 Å². The van der Waals surface area contributed by atoms with E-state index in [4.69, 9.17) is 38.5 Å². The number of allylic oxidation sites excluding steroid dienone is 2. The van der Waals surface area contributed by atoms with Gasteiger partial charge in [0.1, 0.15) is 35.8 Å². The fourth-order valence-electron chi connectivity index (χ4n) is 20.2. The number of hydrogen-bond donors (Lipinski definition) is 6. The second kappa shape index (κ2) is 40.3. The number of H-pyrrole nitrogens is 2. The summed E-state index contributed by atoms with van der Waals surface area (Å²) < 4.78 is 32.6. The molecule has 6 N–H and O–H groups in total. The molecule has 8 aromatic rings. The van der Waals surface area contributed by atoms with Crippen molar-refractivity contribution < 1.29 is 66.6 Å². The summed E-state index contributed by atoms with van der Waals surface area (Å²) in [6, 6.07) is 39.7. The largest absolute Gasteiger partial charge is 0.494 e. The number of likely N-dealkylation sites (tertiary alicyclic amines) is 4. The van der Waals surface area contributed by atoms with Crippen LogP contribution in [-0.4, -0.2) is 207 Å². The fraction of sp³-hybridized carbons (Fsp3) is 0.485. The number of ether oxygens (including phenoxy) is 4. The third-order valence-electron chi connectivity index (χ3n) is 28.0. The number of hydrogen-bond acceptors (Lipinski definition) is 18. The number of nitrogens with zero attached hydrogens (tertiary/aromatic N) is 8. The van der Waals surface area contributed by atoms with Gasteiger partial charge in [0.15, 0.2) is 0 Å². The molecule has 9 heterocycles. The zero-order valence-corrected chi connectivity index (χ0v) is 78.8. The number of alkyl carbamates (subject to hydrolysis) is 4. The summed E-state index contributed by atoms with van der Waals surface area (Å²) in [5.74, 6) is 1.66. The second-order valence-corrected chi connectivity index (χ2v) is 39.1. The Kier molecular flexibility index (Phi) is 29.4. The van der Waals surface area contributed by atoms with E-state index in [-0.39, 0.29) is 102 Å². The third-order valence-corrected chi connectivity index (χ3v) is 28.5. The predicted octanol–water partition coefficient (Wildman–Crippen LogP) is 17.5. The maximum atomic E-state index is 14.0. The van der Waals surface area contributed by atoms with Crippen molar-refractivity contribution in [3.8, 4) is 33.6 Å². The highest BCUT2D eigenvalue weighted by molar-refractivity contribution is 9.10. The van der Waals surface area contributed by atoms with E-state index >= 15 is 0 Å². The van der Waals surface area contributed by atoms with Gasteiger partial charge >= 0.3 is 31.5 Å². The molecule has 30 heteroatoms. The first-order valence-corrected chi connectivity index (χ1v) is 46.6. The Morgan fingerprint density at radius 2 is 0.786 bits per heavy atom. The zero-order chi connectivity index (χ0) is 92.5. The van der Waals surface area contributed by atoms with Crippen LogP contribution in [0, 0.1) is 35.5 Å². The molecule has 5 saturated heterocycles. The standard InChI is InChI=1S/C47H55N7O6.C33H42BN3O5.C20H25BrN4O3.CH4/c1-26(2)40(51-46(57)59-5)44(55)53-19-7-8-39(53)43-49-25-38(50-43)29-11-9-28(10-12-29)30-13-14-32-21-33(16-15-31(32)20-30)35-23-37(48-24-35)42-34-17-18-36(22-34)54(42)45(56)41(27(3)4)52-47(58)60-6;1-19(2)28(36-31(39)40-7)30(38)37-26-13-11-23(16-26)29(37)27-17-24(18-35-27)21-8-9-22-15-25(12-10-20(22)14-21)34-41-32(3,4)33(5,6)42-34;1-12(2)17(24-20(27)28-3)19(26)25-10-4-5-16(25)18-22-11-15(23-18)13-6-8-14(21)9-7-13;/h9-16,20-21,24-27,34,36,39-42H,7-8,17-19,22-23H2,1-6H3,(H,49,50)(H,51,57)(H,52,58);8-10,12,14-15,18-19,23,26,28-29H,11,13,16-17H2,1-7H3,(H,36,39);6-9,11-12,16-17H,4-5,10H2,1-3H3,(H,22,23)(H,24,27);1H4/t34-,36+,39-,40-,41-,42-;23-,26+,28-,29-;16-,17-;/m000./s1. The third kappa shape index (κ3) is 20.3. The molecule has 7 fully saturated rings. The number of carbonyl (C=O) groups excluding carboxylic acids is 8. The van der Waals surface area contributed by atoms with Gasteiger partial charge in [-0.25, -0.2) is 29.1 Å². The Morgan fingerprint density at radius 1 is 0.443 bits per heavy atom. The smallest absolute Gasteiger partial charge is 0.453 e. The SMILES string of the molecule is C.COC(=O)N[C@H](C(=O)N1CCC[C@H]1c1ncc(-c2ccc(-c3ccc4cc(C5=CN=C([C@@H]6[C@H]7CC[C@H](C7)N6C(=O)[C@@H](NC(=O)OC)C(C)C)C5)ccc4c3)cc2)[nH]1)C(C)C.COC(=O)N[C@H](C(=O)N1CCC[C@H]1c1ncc(-c2ccc(Br)cc2)[nH]1)C(C)C.COC(=O)N[C@H](C(=O)N1[C@@H]2CC[C@@H](C2)[C@H]1C1=NC=C(c2ccc3cc(B4OC(C)(C)C(C)(C)O4)ccc3c2)C1)C(C)C. The first kappa shape index (κ1) is 95.6. The molecule has 9 aliphatic rings. The van der Waals surface area contributed by atoms with Crippen LogP contribution in [0.2, 0.25) is 0 Å². The molecule has 7 aliphatic heterocycles. The minimum Gasteiger partial charge on any atom is -0.453 e. The summed E-state index contributed by atoms with van der Waals surface area (Å²) >= 11 is 3.44. The molecule has 8 amide bonds. The molecule has 12 atom stereocenters. The lowest BCUT2D eigenvalue weighted by atomic mass is 9.78. The van der Waals surface area contributed by atoms with E-state index in [2.05, 4.69) is 182 Å². The summed E-state index contributed by atoms with van der Waals surface area (Å²) in [4.78, 5) is 136. The number of piperidine rings is 2. The molecule has 131 heavy (non-hydrogen) atoms. The highest BCUT2D eigenvalue weighted by Crippen LogP contribution is 2.49. The Morgan fingerprint density at radius 3 is 1.18 bits per heavy atom. The average Bonchev–Trinajstić information content (AvgIpc) is 1.60. The number of aromatic nitrogens is 4. The van der Waals surface area contributed by atoms with E-state index in [9.17, 15) is 38.4 Å². The predicted molar refractivity (Wildman–Crippen MR) is 513 cm³/mol. The Bertz CT molecular complexity index is 5690. The van der Waals surface area contributed by atoms with Crippen molar-refractivity contribution in [2.45, 2.75) is 239 Å². The van der Waals surface area contributed by atoms with Crippen LogP contribution in [0.15, 0.2) is 161 Å². The molecule has 694 valence electrons. The van der Waals surface area contributed by atoms with Gasteiger partial charge in [-0.15, -0.1) is 0 Å². The molecular weight excluding hydrogens is 1720 g/mol. The molecule has 2 aliphatic carbocycles. The van der Waals surface area contributed by atoms with E-state index in [0.29, 0.717) is 37.8 Å². The van der Waals surface area contributed by atoms with Crippen LogP contribution in [0.5, 0.6) is 0 Å². The number of rotatable bonds is 22. The van der Waals surface area contributed by atoms with Gasteiger partial charge in [0.2, 0.25) is 23.6 Å². The van der Waals surface area contributed by atoms with Crippen LogP contribution in [-0.2, 0) is 47.4 Å². The van der Waals surface area contributed by atoms with Crippen LogP contribution in [0.4, 0.5) is 19.2 Å².